The Hall–Kier alpha value is -2.11. The lowest BCUT2D eigenvalue weighted by atomic mass is 10.1. The maximum Gasteiger partial charge on any atom is 0.410 e. The number of hydrogen-bond donors (Lipinski definition) is 0. The summed E-state index contributed by atoms with van der Waals surface area (Å²) in [7, 11) is 0. The normalized spacial score (nSPS) is 15.2. The van der Waals surface area contributed by atoms with E-state index < -0.39 is 12.1 Å². The van der Waals surface area contributed by atoms with Crippen LogP contribution in [0.25, 0.3) is 0 Å². The Labute approximate surface area is 97.9 Å². The first kappa shape index (κ1) is 11.4. The van der Waals surface area contributed by atoms with Crippen LogP contribution in [0.3, 0.4) is 0 Å². The number of nitrogens with zero attached hydrogens (tertiary/aromatic N) is 2. The van der Waals surface area contributed by atoms with Crippen LogP contribution in [0.15, 0.2) is 30.3 Å². The molecular weight excluding hydrogens is 224 g/mol. The summed E-state index contributed by atoms with van der Waals surface area (Å²) in [5.74, 6) is 0. The Morgan fingerprint density at radius 1 is 1.41 bits per heavy atom. The molecule has 6 nitrogen and oxygen atoms in total. The first-order valence-electron chi connectivity index (χ1n) is 5.26. The number of amides is 1. The summed E-state index contributed by atoms with van der Waals surface area (Å²) in [5, 5.41) is 10.4. The van der Waals surface area contributed by atoms with E-state index in [1.165, 1.54) is 4.90 Å². The minimum atomic E-state index is -0.640. The number of rotatable bonds is 3. The first-order valence-corrected chi connectivity index (χ1v) is 5.26. The molecule has 0 saturated carbocycles. The number of carbonyl (C=O) groups excluding carboxylic acids is 1. The fourth-order valence-corrected chi connectivity index (χ4v) is 1.55. The summed E-state index contributed by atoms with van der Waals surface area (Å²) in [5.41, 5.74) is 0.896. The molecule has 2 rings (SSSR count). The van der Waals surface area contributed by atoms with Crippen LogP contribution in [0.5, 0.6) is 0 Å². The summed E-state index contributed by atoms with van der Waals surface area (Å²) in [4.78, 5) is 22.8. The highest BCUT2D eigenvalue weighted by Crippen LogP contribution is 2.13. The molecule has 1 heterocycles. The van der Waals surface area contributed by atoms with Crippen LogP contribution in [0, 0.1) is 10.1 Å². The third-order valence-corrected chi connectivity index (χ3v) is 2.62. The van der Waals surface area contributed by atoms with Crippen molar-refractivity contribution < 1.29 is 14.5 Å². The van der Waals surface area contributed by atoms with E-state index in [0.717, 1.165) is 5.56 Å². The van der Waals surface area contributed by atoms with Gasteiger partial charge in [-0.2, -0.15) is 0 Å². The van der Waals surface area contributed by atoms with Gasteiger partial charge in [0.15, 0.2) is 0 Å². The molecule has 1 aromatic rings. The lowest BCUT2D eigenvalue weighted by molar-refractivity contribution is -0.537. The molecule has 0 radical (unpaired) electrons. The number of nitro groups is 1. The van der Waals surface area contributed by atoms with Gasteiger partial charge in [0.1, 0.15) is 6.61 Å². The summed E-state index contributed by atoms with van der Waals surface area (Å²) in [6.45, 7) is 0.473. The average Bonchev–Trinajstić information content (AvgIpc) is 2.25. The molecule has 0 bridgehead atoms. The highest BCUT2D eigenvalue weighted by molar-refractivity contribution is 5.68. The maximum atomic E-state index is 11.4. The third kappa shape index (κ3) is 2.72. The Balaban J connectivity index is 1.74. The quantitative estimate of drug-likeness (QED) is 0.585. The Bertz CT molecular complexity index is 415. The molecule has 17 heavy (non-hydrogen) atoms. The topological polar surface area (TPSA) is 72.7 Å². The maximum absolute atomic E-state index is 11.4. The van der Waals surface area contributed by atoms with Gasteiger partial charge in [-0.05, 0) is 5.56 Å². The van der Waals surface area contributed by atoms with E-state index in [1.54, 1.807) is 0 Å². The first-order chi connectivity index (χ1) is 8.16. The van der Waals surface area contributed by atoms with Crippen molar-refractivity contribution in [1.29, 1.82) is 0 Å². The van der Waals surface area contributed by atoms with E-state index in [-0.39, 0.29) is 24.6 Å². The predicted octanol–water partition coefficient (Wildman–Crippen LogP) is 1.28. The molecule has 0 unspecified atom stereocenters. The highest BCUT2D eigenvalue weighted by Gasteiger charge is 2.39. The van der Waals surface area contributed by atoms with E-state index >= 15 is 0 Å². The zero-order valence-electron chi connectivity index (χ0n) is 9.11. The smallest absolute Gasteiger partial charge is 0.410 e. The molecule has 0 N–H and O–H groups in total. The van der Waals surface area contributed by atoms with Crippen LogP contribution in [-0.2, 0) is 11.3 Å². The van der Waals surface area contributed by atoms with Crippen molar-refractivity contribution in [2.24, 2.45) is 0 Å². The minimum absolute atomic E-state index is 0.140. The number of likely N-dealkylation sites (tertiary alicyclic amines) is 1. The molecule has 1 amide bonds. The number of carbonyl (C=O) groups is 1. The summed E-state index contributed by atoms with van der Waals surface area (Å²) < 4.78 is 5.02. The van der Waals surface area contributed by atoms with Crippen molar-refractivity contribution in [3.8, 4) is 0 Å². The third-order valence-electron chi connectivity index (χ3n) is 2.62. The van der Waals surface area contributed by atoms with Crippen molar-refractivity contribution in [1.82, 2.24) is 4.90 Å². The Kier molecular flexibility index (Phi) is 3.22. The second-order valence-corrected chi connectivity index (χ2v) is 3.88. The van der Waals surface area contributed by atoms with Gasteiger partial charge in [-0.15, -0.1) is 0 Å². The van der Waals surface area contributed by atoms with Crippen molar-refractivity contribution >= 4 is 6.09 Å². The molecule has 90 valence electrons. The molecule has 0 aliphatic carbocycles. The van der Waals surface area contributed by atoms with E-state index in [4.69, 9.17) is 4.74 Å². The molecule has 1 aliphatic heterocycles. The van der Waals surface area contributed by atoms with Crippen LogP contribution in [0.2, 0.25) is 0 Å². The number of hydrogen-bond acceptors (Lipinski definition) is 4. The number of ether oxygens (including phenoxy) is 1. The van der Waals surface area contributed by atoms with Crippen LogP contribution in [-0.4, -0.2) is 35.0 Å². The van der Waals surface area contributed by atoms with Crippen LogP contribution in [0.1, 0.15) is 5.56 Å². The van der Waals surface area contributed by atoms with Gasteiger partial charge in [0.05, 0.1) is 13.1 Å². The second kappa shape index (κ2) is 4.82. The van der Waals surface area contributed by atoms with E-state index in [2.05, 4.69) is 0 Å². The molecular formula is C11H12N2O4. The average molecular weight is 236 g/mol. The highest BCUT2D eigenvalue weighted by atomic mass is 16.6. The van der Waals surface area contributed by atoms with Crippen molar-refractivity contribution in [2.45, 2.75) is 12.6 Å². The molecule has 0 atom stereocenters. The molecule has 1 aromatic carbocycles. The second-order valence-electron chi connectivity index (χ2n) is 3.88. The van der Waals surface area contributed by atoms with E-state index in [0.29, 0.717) is 0 Å². The molecule has 1 aliphatic rings. The SMILES string of the molecule is O=C(OCc1ccccc1)N1CC([N+](=O)[O-])C1. The van der Waals surface area contributed by atoms with Crippen LogP contribution >= 0.6 is 0 Å². The summed E-state index contributed by atoms with van der Waals surface area (Å²) in [6, 6.07) is 8.65. The van der Waals surface area contributed by atoms with Gasteiger partial charge in [-0.3, -0.25) is 15.0 Å². The van der Waals surface area contributed by atoms with Crippen molar-refractivity contribution in [2.75, 3.05) is 13.1 Å². The molecule has 1 fully saturated rings. The Morgan fingerprint density at radius 3 is 2.65 bits per heavy atom. The fourth-order valence-electron chi connectivity index (χ4n) is 1.55. The van der Waals surface area contributed by atoms with Gasteiger partial charge in [-0.25, -0.2) is 4.79 Å². The molecule has 6 heteroatoms. The molecule has 0 aromatic heterocycles. The van der Waals surface area contributed by atoms with Gasteiger partial charge in [0.25, 0.3) is 0 Å². The van der Waals surface area contributed by atoms with Gasteiger partial charge < -0.3 is 4.74 Å². The fraction of sp³-hybridized carbons (Fsp3) is 0.364. The molecule has 1 saturated heterocycles. The molecule has 0 spiro atoms. The predicted molar refractivity (Wildman–Crippen MR) is 59.0 cm³/mol. The van der Waals surface area contributed by atoms with E-state index in [9.17, 15) is 14.9 Å². The number of benzene rings is 1. The van der Waals surface area contributed by atoms with Crippen molar-refractivity contribution in [3.63, 3.8) is 0 Å². The van der Waals surface area contributed by atoms with Crippen LogP contribution in [0.4, 0.5) is 4.79 Å². The lowest BCUT2D eigenvalue weighted by Crippen LogP contribution is -2.57. The standard InChI is InChI=1S/C11H12N2O4/c14-11(12-6-10(7-12)13(15)16)17-8-9-4-2-1-3-5-9/h1-5,10H,6-8H2. The van der Waals surface area contributed by atoms with Crippen molar-refractivity contribution in [3.05, 3.63) is 46.0 Å². The van der Waals surface area contributed by atoms with Crippen LogP contribution < -0.4 is 0 Å². The monoisotopic (exact) mass is 236 g/mol. The van der Waals surface area contributed by atoms with E-state index in [1.807, 2.05) is 30.3 Å². The lowest BCUT2D eigenvalue weighted by Gasteiger charge is -2.32. The summed E-state index contributed by atoms with van der Waals surface area (Å²) in [6.07, 6.45) is -0.494. The van der Waals surface area contributed by atoms with Gasteiger partial charge in [0.2, 0.25) is 6.04 Å². The van der Waals surface area contributed by atoms with Gasteiger partial charge in [-0.1, -0.05) is 30.3 Å². The van der Waals surface area contributed by atoms with Gasteiger partial charge >= 0.3 is 6.09 Å². The van der Waals surface area contributed by atoms with Gasteiger partial charge in [0, 0.05) is 4.92 Å². The zero-order valence-corrected chi connectivity index (χ0v) is 9.11. The summed E-state index contributed by atoms with van der Waals surface area (Å²) >= 11 is 0. The minimum Gasteiger partial charge on any atom is -0.445 e. The largest absolute Gasteiger partial charge is 0.445 e. The zero-order chi connectivity index (χ0) is 12.3. The Morgan fingerprint density at radius 2 is 2.06 bits per heavy atom.